The lowest BCUT2D eigenvalue weighted by atomic mass is 10.0. The standard InChI is InChI=1S/C31H33N7O2/c1-21-9-10-22(2)28(17-21)36-13-15-37(16-14-36)29(30-33-34-35-38(30)20-23-7-5-4-6-8-23)26-19-24-18-25(40-3)11-12-27(24)32-31(26)39/h4-12,17-19,29H,13-16,20H2,1-3H3,(H,32,39)/t29-/m0/s1. The highest BCUT2D eigenvalue weighted by molar-refractivity contribution is 5.80. The van der Waals surface area contributed by atoms with Gasteiger partial charge in [0.05, 0.1) is 13.7 Å². The summed E-state index contributed by atoms with van der Waals surface area (Å²) in [4.78, 5) is 21.4. The molecule has 1 atom stereocenters. The van der Waals surface area contributed by atoms with Crippen LogP contribution in [0.2, 0.25) is 0 Å². The Morgan fingerprint density at radius 1 is 0.950 bits per heavy atom. The van der Waals surface area contributed by atoms with E-state index in [0.717, 1.165) is 48.4 Å². The molecule has 0 saturated carbocycles. The monoisotopic (exact) mass is 535 g/mol. The van der Waals surface area contributed by atoms with Crippen LogP contribution in [0.4, 0.5) is 5.69 Å². The molecule has 1 fully saturated rings. The van der Waals surface area contributed by atoms with Crippen molar-refractivity contribution in [2.75, 3.05) is 38.2 Å². The Labute approximate surface area is 233 Å². The quantitative estimate of drug-likeness (QED) is 0.336. The lowest BCUT2D eigenvalue weighted by Crippen LogP contribution is -2.49. The predicted octanol–water partition coefficient (Wildman–Crippen LogP) is 4.10. The average molecular weight is 536 g/mol. The van der Waals surface area contributed by atoms with Crippen LogP contribution >= 0.6 is 0 Å². The molecule has 5 aromatic rings. The smallest absolute Gasteiger partial charge is 0.253 e. The Kier molecular flexibility index (Phi) is 7.04. The van der Waals surface area contributed by atoms with E-state index >= 15 is 0 Å². The van der Waals surface area contributed by atoms with Gasteiger partial charge in [-0.2, -0.15) is 0 Å². The number of hydrogen-bond donors (Lipinski definition) is 1. The van der Waals surface area contributed by atoms with Gasteiger partial charge in [-0.1, -0.05) is 42.5 Å². The molecule has 2 aromatic heterocycles. The first-order chi connectivity index (χ1) is 19.5. The topological polar surface area (TPSA) is 92.2 Å². The van der Waals surface area contributed by atoms with E-state index < -0.39 is 6.04 Å². The van der Waals surface area contributed by atoms with Crippen LogP contribution in [0.3, 0.4) is 0 Å². The fourth-order valence-electron chi connectivity index (χ4n) is 5.59. The van der Waals surface area contributed by atoms with E-state index in [1.165, 1.54) is 16.8 Å². The minimum Gasteiger partial charge on any atom is -0.497 e. The normalized spacial score (nSPS) is 14.9. The van der Waals surface area contributed by atoms with Crippen molar-refractivity contribution in [3.05, 3.63) is 111 Å². The van der Waals surface area contributed by atoms with Gasteiger partial charge in [0.15, 0.2) is 5.82 Å². The number of tetrazole rings is 1. The largest absolute Gasteiger partial charge is 0.497 e. The summed E-state index contributed by atoms with van der Waals surface area (Å²) in [6, 6.07) is 23.9. The third-order valence-electron chi connectivity index (χ3n) is 7.74. The van der Waals surface area contributed by atoms with E-state index in [4.69, 9.17) is 4.74 Å². The summed E-state index contributed by atoms with van der Waals surface area (Å²) in [5.41, 5.74) is 6.10. The van der Waals surface area contributed by atoms with Crippen LogP contribution in [0.1, 0.15) is 34.1 Å². The number of fused-ring (bicyclic) bond motifs is 1. The van der Waals surface area contributed by atoms with Gasteiger partial charge in [-0.05, 0) is 71.3 Å². The number of anilines is 1. The van der Waals surface area contributed by atoms with Crippen LogP contribution in [0, 0.1) is 13.8 Å². The van der Waals surface area contributed by atoms with Crippen LogP contribution in [-0.2, 0) is 6.54 Å². The highest BCUT2D eigenvalue weighted by Crippen LogP contribution is 2.31. The van der Waals surface area contributed by atoms with Crippen molar-refractivity contribution in [3.8, 4) is 5.75 Å². The molecule has 204 valence electrons. The number of nitrogens with zero attached hydrogens (tertiary/aromatic N) is 6. The first kappa shape index (κ1) is 25.8. The second kappa shape index (κ2) is 10.9. The molecule has 6 rings (SSSR count). The molecule has 1 saturated heterocycles. The summed E-state index contributed by atoms with van der Waals surface area (Å²) in [5, 5.41) is 13.8. The second-order valence-electron chi connectivity index (χ2n) is 10.4. The lowest BCUT2D eigenvalue weighted by molar-refractivity contribution is 0.200. The van der Waals surface area contributed by atoms with Gasteiger partial charge in [0, 0.05) is 48.3 Å². The molecular formula is C31H33N7O2. The Hall–Kier alpha value is -4.50. The van der Waals surface area contributed by atoms with E-state index in [9.17, 15) is 4.79 Å². The Morgan fingerprint density at radius 3 is 2.52 bits per heavy atom. The fraction of sp³-hybridized carbons (Fsp3) is 0.290. The molecule has 3 aromatic carbocycles. The summed E-state index contributed by atoms with van der Waals surface area (Å²) < 4.78 is 7.27. The molecule has 0 unspecified atom stereocenters. The Morgan fingerprint density at radius 2 is 1.75 bits per heavy atom. The zero-order valence-electron chi connectivity index (χ0n) is 23.0. The minimum absolute atomic E-state index is 0.145. The number of H-pyrrole nitrogens is 1. The summed E-state index contributed by atoms with van der Waals surface area (Å²) >= 11 is 0. The van der Waals surface area contributed by atoms with Crippen molar-refractivity contribution < 1.29 is 4.74 Å². The van der Waals surface area contributed by atoms with Crippen molar-refractivity contribution in [3.63, 3.8) is 0 Å². The molecular weight excluding hydrogens is 502 g/mol. The third kappa shape index (κ3) is 5.08. The molecule has 9 nitrogen and oxygen atoms in total. The van der Waals surface area contributed by atoms with Crippen molar-refractivity contribution in [2.45, 2.75) is 26.4 Å². The molecule has 0 spiro atoms. The minimum atomic E-state index is -0.418. The third-order valence-corrected chi connectivity index (χ3v) is 7.74. The molecule has 1 aliphatic rings. The number of aromatic amines is 1. The van der Waals surface area contributed by atoms with Crippen LogP contribution < -0.4 is 15.2 Å². The van der Waals surface area contributed by atoms with Crippen molar-refractivity contribution in [2.24, 2.45) is 0 Å². The van der Waals surface area contributed by atoms with Gasteiger partial charge < -0.3 is 14.6 Å². The number of methoxy groups -OCH3 is 1. The maximum absolute atomic E-state index is 13.6. The van der Waals surface area contributed by atoms with E-state index in [0.29, 0.717) is 17.9 Å². The van der Waals surface area contributed by atoms with Gasteiger partial charge in [0.1, 0.15) is 11.8 Å². The van der Waals surface area contributed by atoms with E-state index in [-0.39, 0.29) is 5.56 Å². The maximum Gasteiger partial charge on any atom is 0.253 e. The maximum atomic E-state index is 13.6. The molecule has 0 radical (unpaired) electrons. The number of ether oxygens (including phenoxy) is 1. The summed E-state index contributed by atoms with van der Waals surface area (Å²) in [6.45, 7) is 7.98. The zero-order chi connectivity index (χ0) is 27.6. The summed E-state index contributed by atoms with van der Waals surface area (Å²) in [5.74, 6) is 1.38. The van der Waals surface area contributed by atoms with Crippen molar-refractivity contribution >= 4 is 16.6 Å². The van der Waals surface area contributed by atoms with Crippen molar-refractivity contribution in [1.29, 1.82) is 0 Å². The molecule has 1 N–H and O–H groups in total. The highest BCUT2D eigenvalue weighted by Gasteiger charge is 2.33. The number of benzene rings is 3. The summed E-state index contributed by atoms with van der Waals surface area (Å²) in [6.07, 6.45) is 0. The fourth-order valence-corrected chi connectivity index (χ4v) is 5.59. The van der Waals surface area contributed by atoms with Gasteiger partial charge in [-0.3, -0.25) is 9.69 Å². The van der Waals surface area contributed by atoms with Gasteiger partial charge in [0.2, 0.25) is 0 Å². The molecule has 0 bridgehead atoms. The van der Waals surface area contributed by atoms with E-state index in [1.54, 1.807) is 7.11 Å². The Bertz CT molecular complexity index is 1690. The number of hydrogen-bond acceptors (Lipinski definition) is 7. The molecule has 3 heterocycles. The van der Waals surface area contributed by atoms with Crippen LogP contribution in [0.25, 0.3) is 10.9 Å². The number of nitrogens with one attached hydrogen (secondary N) is 1. The average Bonchev–Trinajstić information content (AvgIpc) is 3.43. The number of piperazine rings is 1. The summed E-state index contributed by atoms with van der Waals surface area (Å²) in [7, 11) is 1.64. The molecule has 1 aliphatic heterocycles. The number of aromatic nitrogens is 5. The van der Waals surface area contributed by atoms with Gasteiger partial charge >= 0.3 is 0 Å². The first-order valence-corrected chi connectivity index (χ1v) is 13.6. The van der Waals surface area contributed by atoms with Crippen molar-refractivity contribution in [1.82, 2.24) is 30.1 Å². The SMILES string of the molecule is COc1ccc2[nH]c(=O)c([C@@H](c3nnnn3Cc3ccccc3)N3CCN(c4cc(C)ccc4C)CC3)cc2c1. The molecule has 0 aliphatic carbocycles. The number of pyridine rings is 1. The molecule has 40 heavy (non-hydrogen) atoms. The first-order valence-electron chi connectivity index (χ1n) is 13.6. The highest BCUT2D eigenvalue weighted by atomic mass is 16.5. The van der Waals surface area contributed by atoms with E-state index in [2.05, 4.69) is 74.5 Å². The van der Waals surface area contributed by atoms with Gasteiger partial charge in [-0.15, -0.1) is 5.10 Å². The van der Waals surface area contributed by atoms with Gasteiger partial charge in [-0.25, -0.2) is 4.68 Å². The predicted molar refractivity (Wildman–Crippen MR) is 156 cm³/mol. The van der Waals surface area contributed by atoms with Gasteiger partial charge in [0.25, 0.3) is 5.56 Å². The Balaban J connectivity index is 1.39. The lowest BCUT2D eigenvalue weighted by Gasteiger charge is -2.40. The van der Waals surface area contributed by atoms with Crippen LogP contribution in [0.15, 0.2) is 77.6 Å². The molecule has 0 amide bonds. The molecule has 9 heteroatoms. The van der Waals surface area contributed by atoms with Crippen LogP contribution in [-0.4, -0.2) is 63.4 Å². The number of aryl methyl sites for hydroxylation is 2. The van der Waals surface area contributed by atoms with Crippen LogP contribution in [0.5, 0.6) is 5.75 Å². The zero-order valence-corrected chi connectivity index (χ0v) is 23.0. The van der Waals surface area contributed by atoms with E-state index in [1.807, 2.05) is 47.1 Å². The second-order valence-corrected chi connectivity index (χ2v) is 10.4. The number of rotatable bonds is 7.